The van der Waals surface area contributed by atoms with E-state index in [9.17, 15) is 0 Å². The van der Waals surface area contributed by atoms with Gasteiger partial charge in [-0.2, -0.15) is 10.2 Å². The number of hydrogen-bond donors (Lipinski definition) is 2. The van der Waals surface area contributed by atoms with Crippen molar-refractivity contribution in [1.29, 1.82) is 0 Å². The van der Waals surface area contributed by atoms with E-state index >= 15 is 0 Å². The number of aromatic nitrogens is 4. The molecule has 0 aliphatic rings. The third kappa shape index (κ3) is 5.47. The molecule has 0 saturated heterocycles. The lowest BCUT2D eigenvalue weighted by atomic mass is 10.2. The second-order valence-corrected chi connectivity index (χ2v) is 7.71. The fourth-order valence-electron chi connectivity index (χ4n) is 2.85. The molecule has 0 fully saturated rings. The van der Waals surface area contributed by atoms with Crippen molar-refractivity contribution in [3.63, 3.8) is 0 Å². The van der Waals surface area contributed by atoms with Crippen molar-refractivity contribution >= 4 is 46.4 Å². The molecule has 2 heterocycles. The number of hydrogen-bond acceptors (Lipinski definition) is 3. The zero-order valence-electron chi connectivity index (χ0n) is 15.7. The number of aryl methyl sites for hydroxylation is 3. The number of thiocarbonyl (C=S) groups is 1. The van der Waals surface area contributed by atoms with Crippen LogP contribution in [0.2, 0.25) is 10.0 Å². The molecular formula is C19H22Cl2N6S. The summed E-state index contributed by atoms with van der Waals surface area (Å²) in [5.74, 6) is 0.666. The summed E-state index contributed by atoms with van der Waals surface area (Å²) in [6, 6.07) is 9.39. The Hall–Kier alpha value is -2.09. The second kappa shape index (κ2) is 9.41. The van der Waals surface area contributed by atoms with E-state index in [1.807, 2.05) is 42.1 Å². The van der Waals surface area contributed by atoms with Gasteiger partial charge in [-0.05, 0) is 50.7 Å². The van der Waals surface area contributed by atoms with Gasteiger partial charge < -0.3 is 10.6 Å². The van der Waals surface area contributed by atoms with E-state index in [4.69, 9.17) is 35.4 Å². The van der Waals surface area contributed by atoms with Gasteiger partial charge in [-0.25, -0.2) is 0 Å². The molecule has 1 aromatic carbocycles. The predicted molar refractivity (Wildman–Crippen MR) is 118 cm³/mol. The molecule has 9 heteroatoms. The van der Waals surface area contributed by atoms with E-state index in [0.717, 1.165) is 30.8 Å². The zero-order chi connectivity index (χ0) is 20.1. The van der Waals surface area contributed by atoms with Crippen LogP contribution < -0.4 is 10.6 Å². The predicted octanol–water partition coefficient (Wildman–Crippen LogP) is 4.43. The van der Waals surface area contributed by atoms with Gasteiger partial charge in [0.1, 0.15) is 0 Å². The molecule has 148 valence electrons. The third-order valence-corrected chi connectivity index (χ3v) is 5.15. The van der Waals surface area contributed by atoms with E-state index in [2.05, 4.69) is 33.8 Å². The van der Waals surface area contributed by atoms with Crippen molar-refractivity contribution in [3.8, 4) is 0 Å². The maximum atomic E-state index is 6.22. The lowest BCUT2D eigenvalue weighted by molar-refractivity contribution is 0.558. The molecule has 2 N–H and O–H groups in total. The number of anilines is 1. The lowest BCUT2D eigenvalue weighted by Crippen LogP contribution is -2.30. The van der Waals surface area contributed by atoms with E-state index in [0.29, 0.717) is 27.5 Å². The van der Waals surface area contributed by atoms with Crippen LogP contribution in [0.25, 0.3) is 0 Å². The lowest BCUT2D eigenvalue weighted by Gasteiger charge is -2.09. The topological polar surface area (TPSA) is 59.7 Å². The Morgan fingerprint density at radius 1 is 1.14 bits per heavy atom. The van der Waals surface area contributed by atoms with Crippen LogP contribution in [0, 0.1) is 13.8 Å². The maximum Gasteiger partial charge on any atom is 0.171 e. The second-order valence-electron chi connectivity index (χ2n) is 6.48. The number of rotatable bonds is 7. The molecular weight excluding hydrogens is 415 g/mol. The van der Waals surface area contributed by atoms with Crippen LogP contribution in [-0.4, -0.2) is 31.2 Å². The molecule has 0 aliphatic carbocycles. The fraction of sp³-hybridized carbons (Fsp3) is 0.316. The zero-order valence-corrected chi connectivity index (χ0v) is 18.1. The van der Waals surface area contributed by atoms with Gasteiger partial charge in [-0.1, -0.05) is 29.3 Å². The largest absolute Gasteiger partial charge is 0.362 e. The fourth-order valence-corrected chi connectivity index (χ4v) is 3.58. The van der Waals surface area contributed by atoms with Crippen LogP contribution in [0.1, 0.15) is 23.4 Å². The van der Waals surface area contributed by atoms with Crippen LogP contribution >= 0.6 is 35.4 Å². The van der Waals surface area contributed by atoms with Gasteiger partial charge in [0.15, 0.2) is 10.9 Å². The van der Waals surface area contributed by atoms with Gasteiger partial charge in [-0.3, -0.25) is 9.36 Å². The smallest absolute Gasteiger partial charge is 0.171 e. The van der Waals surface area contributed by atoms with Crippen molar-refractivity contribution in [2.75, 3.05) is 11.9 Å². The maximum absolute atomic E-state index is 6.22. The van der Waals surface area contributed by atoms with Crippen LogP contribution in [0.15, 0.2) is 36.5 Å². The van der Waals surface area contributed by atoms with Crippen LogP contribution in [0.4, 0.5) is 5.82 Å². The minimum Gasteiger partial charge on any atom is -0.362 e. The van der Waals surface area contributed by atoms with Crippen LogP contribution in [-0.2, 0) is 13.1 Å². The van der Waals surface area contributed by atoms with Gasteiger partial charge in [-0.15, -0.1) is 0 Å². The molecule has 0 unspecified atom stereocenters. The highest BCUT2D eigenvalue weighted by Crippen LogP contribution is 2.25. The molecule has 28 heavy (non-hydrogen) atoms. The Bertz CT molecular complexity index is 945. The molecule has 0 amide bonds. The van der Waals surface area contributed by atoms with Gasteiger partial charge in [0, 0.05) is 46.7 Å². The van der Waals surface area contributed by atoms with Crippen LogP contribution in [0.3, 0.4) is 0 Å². The van der Waals surface area contributed by atoms with E-state index in [-0.39, 0.29) is 0 Å². The Kier molecular flexibility index (Phi) is 6.93. The normalized spacial score (nSPS) is 10.9. The van der Waals surface area contributed by atoms with Crippen LogP contribution in [0.5, 0.6) is 0 Å². The summed E-state index contributed by atoms with van der Waals surface area (Å²) in [5.41, 5.74) is 3.05. The third-order valence-electron chi connectivity index (χ3n) is 4.20. The summed E-state index contributed by atoms with van der Waals surface area (Å²) in [6.45, 7) is 6.15. The molecule has 0 atom stereocenters. The number of halogens is 2. The molecule has 6 nitrogen and oxygen atoms in total. The van der Waals surface area contributed by atoms with Crippen molar-refractivity contribution in [2.24, 2.45) is 0 Å². The molecule has 0 aliphatic heterocycles. The summed E-state index contributed by atoms with van der Waals surface area (Å²) >= 11 is 17.8. The van der Waals surface area contributed by atoms with E-state index in [1.165, 1.54) is 5.69 Å². The highest BCUT2D eigenvalue weighted by molar-refractivity contribution is 7.80. The number of nitrogens with one attached hydrogen (secondary N) is 2. The summed E-state index contributed by atoms with van der Waals surface area (Å²) in [4.78, 5) is 0. The van der Waals surface area contributed by atoms with E-state index in [1.54, 1.807) is 4.68 Å². The summed E-state index contributed by atoms with van der Waals surface area (Å²) in [5, 5.41) is 17.0. The molecule has 0 radical (unpaired) electrons. The molecule has 0 spiro atoms. The molecule has 2 aromatic heterocycles. The first kappa shape index (κ1) is 20.6. The van der Waals surface area contributed by atoms with Gasteiger partial charge in [0.25, 0.3) is 0 Å². The molecule has 0 saturated carbocycles. The number of benzene rings is 1. The van der Waals surface area contributed by atoms with Gasteiger partial charge in [0.05, 0.1) is 12.2 Å². The standard InChI is InChI=1S/C19H22Cl2N6S/c1-13-11-14(2)27(24-13)9-4-8-22-19(28)23-18-7-10-26(25-18)12-15-16(20)5-3-6-17(15)21/h3,5-7,10-11H,4,8-9,12H2,1-2H3,(H2,22,23,25,28). The highest BCUT2D eigenvalue weighted by Gasteiger charge is 2.08. The summed E-state index contributed by atoms with van der Waals surface area (Å²) in [7, 11) is 0. The molecule has 3 aromatic rings. The Labute approximate surface area is 179 Å². The minimum atomic E-state index is 0.489. The quantitative estimate of drug-likeness (QED) is 0.423. The molecule has 3 rings (SSSR count). The average molecular weight is 437 g/mol. The molecule has 0 bridgehead atoms. The van der Waals surface area contributed by atoms with Crippen molar-refractivity contribution in [2.45, 2.75) is 33.4 Å². The monoisotopic (exact) mass is 436 g/mol. The van der Waals surface area contributed by atoms with E-state index < -0.39 is 0 Å². The highest BCUT2D eigenvalue weighted by atomic mass is 35.5. The van der Waals surface area contributed by atoms with Gasteiger partial charge >= 0.3 is 0 Å². The first-order valence-electron chi connectivity index (χ1n) is 8.94. The van der Waals surface area contributed by atoms with Crippen molar-refractivity contribution < 1.29 is 0 Å². The SMILES string of the molecule is Cc1cc(C)n(CCCNC(=S)Nc2ccn(Cc3c(Cl)cccc3Cl)n2)n1. The first-order valence-corrected chi connectivity index (χ1v) is 10.1. The van der Waals surface area contributed by atoms with Gasteiger partial charge in [0.2, 0.25) is 0 Å². The first-order chi connectivity index (χ1) is 13.4. The summed E-state index contributed by atoms with van der Waals surface area (Å²) < 4.78 is 3.77. The minimum absolute atomic E-state index is 0.489. The summed E-state index contributed by atoms with van der Waals surface area (Å²) in [6.07, 6.45) is 2.77. The average Bonchev–Trinajstić information content (AvgIpc) is 3.20. The Balaban J connectivity index is 1.45. The Morgan fingerprint density at radius 2 is 1.89 bits per heavy atom. The van der Waals surface area contributed by atoms with Crippen molar-refractivity contribution in [3.05, 3.63) is 63.5 Å². The number of nitrogens with zero attached hydrogens (tertiary/aromatic N) is 4. The Morgan fingerprint density at radius 3 is 2.57 bits per heavy atom. The van der Waals surface area contributed by atoms with Crippen molar-refractivity contribution in [1.82, 2.24) is 24.9 Å².